The van der Waals surface area contributed by atoms with Gasteiger partial charge in [-0.2, -0.15) is 0 Å². The van der Waals surface area contributed by atoms with Crippen molar-refractivity contribution in [3.05, 3.63) is 64.4 Å². The molecule has 1 N–H and O–H groups in total. The number of benzene rings is 1. The molecule has 0 spiro atoms. The van der Waals surface area contributed by atoms with Crippen LogP contribution < -0.4 is 5.32 Å². The fraction of sp³-hybridized carbons (Fsp3) is 0.429. The Bertz CT molecular complexity index is 1060. The van der Waals surface area contributed by atoms with Gasteiger partial charge in [-0.3, -0.25) is 9.78 Å². The zero-order valence-corrected chi connectivity index (χ0v) is 18.8. The van der Waals surface area contributed by atoms with E-state index in [1.165, 1.54) is 4.31 Å². The van der Waals surface area contributed by atoms with Crippen molar-refractivity contribution in [3.63, 3.8) is 0 Å². The van der Waals surface area contributed by atoms with E-state index >= 15 is 0 Å². The van der Waals surface area contributed by atoms with Crippen molar-refractivity contribution < 1.29 is 22.0 Å². The Morgan fingerprint density at radius 3 is 2.45 bits per heavy atom. The monoisotopic (exact) mass is 471 g/mol. The summed E-state index contributed by atoms with van der Waals surface area (Å²) in [5.74, 6) is -2.65. The molecule has 1 aliphatic heterocycles. The van der Waals surface area contributed by atoms with Crippen LogP contribution in [0.4, 0.5) is 8.78 Å². The van der Waals surface area contributed by atoms with Crippen LogP contribution >= 0.6 is 11.6 Å². The van der Waals surface area contributed by atoms with Gasteiger partial charge in [-0.15, -0.1) is 0 Å². The van der Waals surface area contributed by atoms with Crippen molar-refractivity contribution in [2.24, 2.45) is 0 Å². The fourth-order valence-electron chi connectivity index (χ4n) is 4.06. The normalized spacial score (nSPS) is 17.8. The molecule has 1 amide bonds. The summed E-state index contributed by atoms with van der Waals surface area (Å²) >= 11 is 5.84. The van der Waals surface area contributed by atoms with Crippen LogP contribution in [0.1, 0.15) is 42.7 Å². The Morgan fingerprint density at radius 2 is 1.87 bits per heavy atom. The molecule has 31 heavy (non-hydrogen) atoms. The standard InChI is InChI=1S/C21H24ClF2N3O3S/c1-3-31(29,30)27-12-9-21(10-13-27,17-6-4-5-11-25-17)14(2)26-20(28)18-15(23)7-8-16(24)19(18)22/h4-8,11,14H,3,9-10,12-13H2,1-2H3,(H,26,28)/t14-/m0/s1. The number of piperidine rings is 1. The highest BCUT2D eigenvalue weighted by atomic mass is 35.5. The van der Waals surface area contributed by atoms with Gasteiger partial charge in [0.2, 0.25) is 10.0 Å². The number of carbonyl (C=O) groups excluding carboxylic acids is 1. The molecule has 0 saturated carbocycles. The molecule has 1 atom stereocenters. The van der Waals surface area contributed by atoms with Crippen LogP contribution in [-0.4, -0.2) is 48.5 Å². The molecule has 2 heterocycles. The molecular weight excluding hydrogens is 448 g/mol. The average molecular weight is 472 g/mol. The number of hydrogen-bond donors (Lipinski definition) is 1. The Morgan fingerprint density at radius 1 is 1.23 bits per heavy atom. The lowest BCUT2D eigenvalue weighted by Gasteiger charge is -2.44. The maximum absolute atomic E-state index is 14.2. The molecule has 0 unspecified atom stereocenters. The van der Waals surface area contributed by atoms with Crippen LogP contribution in [0.5, 0.6) is 0 Å². The second-order valence-corrected chi connectivity index (χ2v) is 10.2. The molecule has 0 bridgehead atoms. The predicted molar refractivity (Wildman–Crippen MR) is 114 cm³/mol. The van der Waals surface area contributed by atoms with Crippen LogP contribution in [0.3, 0.4) is 0 Å². The summed E-state index contributed by atoms with van der Waals surface area (Å²) in [6, 6.07) is 6.55. The molecule has 3 rings (SSSR count). The molecule has 2 aromatic rings. The van der Waals surface area contributed by atoms with Crippen LogP contribution in [0.2, 0.25) is 5.02 Å². The first-order valence-corrected chi connectivity index (χ1v) is 11.9. The number of nitrogens with zero attached hydrogens (tertiary/aromatic N) is 2. The zero-order chi connectivity index (χ0) is 22.8. The Kier molecular flexibility index (Phi) is 6.98. The van der Waals surface area contributed by atoms with Gasteiger partial charge in [0, 0.05) is 36.4 Å². The first kappa shape index (κ1) is 23.6. The number of rotatable bonds is 6. The van der Waals surface area contributed by atoms with E-state index in [0.717, 1.165) is 12.1 Å². The first-order chi connectivity index (χ1) is 14.6. The summed E-state index contributed by atoms with van der Waals surface area (Å²) in [4.78, 5) is 17.3. The van der Waals surface area contributed by atoms with Gasteiger partial charge in [0.05, 0.1) is 16.3 Å². The fourth-order valence-corrected chi connectivity index (χ4v) is 5.40. The van der Waals surface area contributed by atoms with Crippen LogP contribution in [0, 0.1) is 11.6 Å². The minimum absolute atomic E-state index is 0.00717. The molecule has 1 aromatic carbocycles. The molecule has 168 valence electrons. The van der Waals surface area contributed by atoms with Gasteiger partial charge in [-0.05, 0) is 51.0 Å². The second kappa shape index (κ2) is 9.18. The van der Waals surface area contributed by atoms with Crippen LogP contribution in [-0.2, 0) is 15.4 Å². The molecule has 10 heteroatoms. The van der Waals surface area contributed by atoms with E-state index in [4.69, 9.17) is 11.6 Å². The molecule has 0 aliphatic carbocycles. The highest BCUT2D eigenvalue weighted by molar-refractivity contribution is 7.89. The Balaban J connectivity index is 1.91. The molecule has 1 saturated heterocycles. The molecule has 1 fully saturated rings. The van der Waals surface area contributed by atoms with Gasteiger partial charge < -0.3 is 5.32 Å². The molecule has 0 radical (unpaired) electrons. The second-order valence-electron chi connectivity index (χ2n) is 7.58. The number of amides is 1. The minimum Gasteiger partial charge on any atom is -0.348 e. The maximum Gasteiger partial charge on any atom is 0.256 e. The Hall–Kier alpha value is -2.10. The highest BCUT2D eigenvalue weighted by Crippen LogP contribution is 2.38. The number of halogens is 3. The lowest BCUT2D eigenvalue weighted by Crippen LogP contribution is -2.55. The summed E-state index contributed by atoms with van der Waals surface area (Å²) in [6.45, 7) is 3.88. The Labute approximate surface area is 185 Å². The van der Waals surface area contributed by atoms with E-state index in [1.54, 1.807) is 26.1 Å². The van der Waals surface area contributed by atoms with Crippen LogP contribution in [0.25, 0.3) is 0 Å². The predicted octanol–water partition coefficient (Wildman–Crippen LogP) is 3.52. The van der Waals surface area contributed by atoms with Gasteiger partial charge in [-0.1, -0.05) is 17.7 Å². The van der Waals surface area contributed by atoms with Gasteiger partial charge >= 0.3 is 0 Å². The number of pyridine rings is 1. The van der Waals surface area contributed by atoms with Crippen molar-refractivity contribution in [3.8, 4) is 0 Å². The molecule has 6 nitrogen and oxygen atoms in total. The van der Waals surface area contributed by atoms with E-state index in [0.29, 0.717) is 18.5 Å². The maximum atomic E-state index is 14.2. The van der Waals surface area contributed by atoms with Crippen molar-refractivity contribution in [2.75, 3.05) is 18.8 Å². The third-order valence-electron chi connectivity index (χ3n) is 6.00. The van der Waals surface area contributed by atoms with Crippen molar-refractivity contribution in [1.29, 1.82) is 0 Å². The number of nitrogens with one attached hydrogen (secondary N) is 1. The number of carbonyl (C=O) groups is 1. The summed E-state index contributed by atoms with van der Waals surface area (Å²) in [6.07, 6.45) is 2.44. The molecule has 1 aliphatic rings. The van der Waals surface area contributed by atoms with Crippen molar-refractivity contribution in [2.45, 2.75) is 38.1 Å². The minimum atomic E-state index is -3.34. The van der Waals surface area contributed by atoms with E-state index < -0.39 is 49.6 Å². The van der Waals surface area contributed by atoms with E-state index in [2.05, 4.69) is 10.3 Å². The third kappa shape index (κ3) is 4.58. The van der Waals surface area contributed by atoms with E-state index in [1.807, 2.05) is 12.1 Å². The molecular formula is C21H24ClF2N3O3S. The topological polar surface area (TPSA) is 79.4 Å². The summed E-state index contributed by atoms with van der Waals surface area (Å²) in [5, 5.41) is 2.16. The molecule has 1 aromatic heterocycles. The lowest BCUT2D eigenvalue weighted by molar-refractivity contribution is 0.0888. The zero-order valence-electron chi connectivity index (χ0n) is 17.2. The van der Waals surface area contributed by atoms with Gasteiger partial charge in [0.15, 0.2) is 0 Å². The summed E-state index contributed by atoms with van der Waals surface area (Å²) in [7, 11) is -3.34. The smallest absolute Gasteiger partial charge is 0.256 e. The average Bonchev–Trinajstić information content (AvgIpc) is 2.77. The van der Waals surface area contributed by atoms with Gasteiger partial charge in [0.25, 0.3) is 5.91 Å². The first-order valence-electron chi connectivity index (χ1n) is 9.96. The highest BCUT2D eigenvalue weighted by Gasteiger charge is 2.44. The quantitative estimate of drug-likeness (QED) is 0.654. The number of aromatic nitrogens is 1. The number of hydrogen-bond acceptors (Lipinski definition) is 4. The van der Waals surface area contributed by atoms with Crippen LogP contribution in [0.15, 0.2) is 36.5 Å². The summed E-state index contributed by atoms with van der Waals surface area (Å²) in [5.41, 5.74) is -0.551. The van der Waals surface area contributed by atoms with Gasteiger partial charge in [0.1, 0.15) is 11.6 Å². The van der Waals surface area contributed by atoms with Crippen molar-refractivity contribution >= 4 is 27.5 Å². The van der Waals surface area contributed by atoms with E-state index in [-0.39, 0.29) is 18.8 Å². The van der Waals surface area contributed by atoms with Gasteiger partial charge in [-0.25, -0.2) is 21.5 Å². The lowest BCUT2D eigenvalue weighted by atomic mass is 9.70. The van der Waals surface area contributed by atoms with Crippen molar-refractivity contribution in [1.82, 2.24) is 14.6 Å². The third-order valence-corrected chi connectivity index (χ3v) is 8.25. The number of sulfonamides is 1. The van der Waals surface area contributed by atoms with E-state index in [9.17, 15) is 22.0 Å². The largest absolute Gasteiger partial charge is 0.348 e. The summed E-state index contributed by atoms with van der Waals surface area (Å²) < 4.78 is 54.0. The SMILES string of the molecule is CCS(=O)(=O)N1CCC(c2ccccn2)([C@H](C)NC(=O)c2c(F)ccc(F)c2Cl)CC1.